The van der Waals surface area contributed by atoms with E-state index in [4.69, 9.17) is 35.4 Å². The second kappa shape index (κ2) is 7.58. The Morgan fingerprint density at radius 3 is 2.45 bits per heavy atom. The summed E-state index contributed by atoms with van der Waals surface area (Å²) in [6, 6.07) is 12.5. The van der Waals surface area contributed by atoms with Crippen LogP contribution in [0.4, 0.5) is 5.69 Å². The number of halogens is 2. The summed E-state index contributed by atoms with van der Waals surface area (Å²) in [6.45, 7) is 2.06. The number of carbonyl (C=O) groups excluding carboxylic acids is 1. The number of aryl methyl sites for hydroxylation is 1. The van der Waals surface area contributed by atoms with Crippen LogP contribution < -0.4 is 10.6 Å². The molecule has 1 amide bonds. The molecule has 0 spiro atoms. The molecule has 0 aliphatic carbocycles. The van der Waals surface area contributed by atoms with Gasteiger partial charge in [0.25, 0.3) is 5.91 Å². The summed E-state index contributed by atoms with van der Waals surface area (Å²) in [6.07, 6.45) is 0.926. The lowest BCUT2D eigenvalue weighted by molar-refractivity contribution is 0.0977. The smallest absolute Gasteiger partial charge is 0.257 e. The zero-order valence-corrected chi connectivity index (χ0v) is 14.1. The Kier molecular flexibility index (Phi) is 5.77. The summed E-state index contributed by atoms with van der Waals surface area (Å²) in [4.78, 5) is 12.1. The molecular weight excluding hydrogens is 339 g/mol. The lowest BCUT2D eigenvalue weighted by Crippen LogP contribution is -2.34. The number of thiocarbonyl (C=S) groups is 1. The highest BCUT2D eigenvalue weighted by Crippen LogP contribution is 2.29. The average Bonchev–Trinajstić information content (AvgIpc) is 2.52. The summed E-state index contributed by atoms with van der Waals surface area (Å²) in [5.74, 6) is -0.279. The number of anilines is 1. The lowest BCUT2D eigenvalue weighted by atomic mass is 10.1. The van der Waals surface area contributed by atoms with Gasteiger partial charge in [-0.1, -0.05) is 48.3 Å². The maximum Gasteiger partial charge on any atom is 0.257 e. The van der Waals surface area contributed by atoms with Gasteiger partial charge in [-0.2, -0.15) is 0 Å². The second-order valence-electron chi connectivity index (χ2n) is 4.56. The number of benzene rings is 2. The van der Waals surface area contributed by atoms with Crippen molar-refractivity contribution >= 4 is 52.1 Å². The van der Waals surface area contributed by atoms with E-state index < -0.39 is 0 Å². The topological polar surface area (TPSA) is 41.1 Å². The molecule has 0 unspecified atom stereocenters. The molecule has 0 fully saturated rings. The zero-order chi connectivity index (χ0) is 16.1. The van der Waals surface area contributed by atoms with E-state index >= 15 is 0 Å². The lowest BCUT2D eigenvalue weighted by Gasteiger charge is -2.11. The van der Waals surface area contributed by atoms with Gasteiger partial charge >= 0.3 is 0 Å². The molecule has 0 radical (unpaired) electrons. The van der Waals surface area contributed by atoms with Crippen LogP contribution in [0.2, 0.25) is 10.0 Å². The molecular formula is C16H14Cl2N2OS. The normalized spacial score (nSPS) is 10.1. The summed E-state index contributed by atoms with van der Waals surface area (Å²) in [5, 5.41) is 6.39. The molecule has 22 heavy (non-hydrogen) atoms. The number of nitrogens with one attached hydrogen (secondary N) is 2. The Bertz CT molecular complexity index is 702. The van der Waals surface area contributed by atoms with Gasteiger partial charge in [0, 0.05) is 5.56 Å². The Balaban J connectivity index is 2.01. The third-order valence-corrected chi connectivity index (χ3v) is 4.07. The fraction of sp³-hybridized carbons (Fsp3) is 0.125. The number of rotatable bonds is 3. The minimum Gasteiger partial charge on any atom is -0.331 e. The molecule has 0 aliphatic rings. The van der Waals surface area contributed by atoms with Crippen molar-refractivity contribution in [1.82, 2.24) is 5.32 Å². The molecule has 2 N–H and O–H groups in total. The largest absolute Gasteiger partial charge is 0.331 e. The van der Waals surface area contributed by atoms with Gasteiger partial charge in [0.05, 0.1) is 15.7 Å². The fourth-order valence-corrected chi connectivity index (χ4v) is 2.37. The van der Waals surface area contributed by atoms with E-state index in [0.717, 1.165) is 6.42 Å². The van der Waals surface area contributed by atoms with Gasteiger partial charge in [0.15, 0.2) is 5.11 Å². The molecule has 3 nitrogen and oxygen atoms in total. The molecule has 2 aromatic rings. The molecule has 0 atom stereocenters. The molecule has 6 heteroatoms. The van der Waals surface area contributed by atoms with E-state index in [1.165, 1.54) is 5.56 Å². The second-order valence-corrected chi connectivity index (χ2v) is 5.75. The van der Waals surface area contributed by atoms with Crippen molar-refractivity contribution < 1.29 is 4.79 Å². The van der Waals surface area contributed by atoms with Gasteiger partial charge in [0.1, 0.15) is 0 Å². The minimum absolute atomic E-state index is 0.161. The molecule has 2 rings (SSSR count). The maximum atomic E-state index is 12.1. The monoisotopic (exact) mass is 352 g/mol. The van der Waals surface area contributed by atoms with Gasteiger partial charge < -0.3 is 5.32 Å². The number of amides is 1. The minimum atomic E-state index is -0.279. The summed E-state index contributed by atoms with van der Waals surface area (Å²) < 4.78 is 0. The van der Waals surface area contributed by atoms with Gasteiger partial charge in [-0.15, -0.1) is 0 Å². The first-order chi connectivity index (χ1) is 10.5. The van der Waals surface area contributed by atoms with Crippen LogP contribution in [-0.2, 0) is 6.42 Å². The molecule has 0 bridgehead atoms. The van der Waals surface area contributed by atoms with Gasteiger partial charge in [-0.3, -0.25) is 10.1 Å². The molecule has 0 heterocycles. The highest BCUT2D eigenvalue weighted by molar-refractivity contribution is 7.80. The Morgan fingerprint density at radius 1 is 1.14 bits per heavy atom. The Labute approximate surface area is 144 Å². The van der Waals surface area contributed by atoms with Crippen LogP contribution in [0.15, 0.2) is 42.5 Å². The van der Waals surface area contributed by atoms with Gasteiger partial charge in [-0.05, 0) is 48.5 Å². The quantitative estimate of drug-likeness (QED) is 0.787. The van der Waals surface area contributed by atoms with E-state index in [2.05, 4.69) is 17.6 Å². The van der Waals surface area contributed by atoms with E-state index in [-0.39, 0.29) is 11.0 Å². The maximum absolute atomic E-state index is 12.1. The van der Waals surface area contributed by atoms with Gasteiger partial charge in [-0.25, -0.2) is 0 Å². The predicted molar refractivity (Wildman–Crippen MR) is 96.0 cm³/mol. The number of hydrogen-bond acceptors (Lipinski definition) is 2. The Morgan fingerprint density at radius 2 is 1.82 bits per heavy atom. The number of hydrogen-bond donors (Lipinski definition) is 2. The molecule has 0 saturated heterocycles. The van der Waals surface area contributed by atoms with Crippen molar-refractivity contribution in [3.8, 4) is 0 Å². The fourth-order valence-electron chi connectivity index (χ4n) is 1.82. The number of carbonyl (C=O) groups is 1. The van der Waals surface area contributed by atoms with Crippen molar-refractivity contribution in [3.05, 3.63) is 63.6 Å². The van der Waals surface area contributed by atoms with Crippen LogP contribution in [0.25, 0.3) is 0 Å². The first-order valence-corrected chi connectivity index (χ1v) is 7.83. The van der Waals surface area contributed by atoms with Crippen molar-refractivity contribution in [2.45, 2.75) is 13.3 Å². The van der Waals surface area contributed by atoms with E-state index in [0.29, 0.717) is 21.3 Å². The van der Waals surface area contributed by atoms with Gasteiger partial charge in [0.2, 0.25) is 0 Å². The molecule has 0 aromatic heterocycles. The van der Waals surface area contributed by atoms with Crippen LogP contribution in [-0.4, -0.2) is 11.0 Å². The molecule has 0 aliphatic heterocycles. The summed E-state index contributed by atoms with van der Waals surface area (Å²) in [5.41, 5.74) is 2.25. The van der Waals surface area contributed by atoms with Crippen molar-refractivity contribution in [3.63, 3.8) is 0 Å². The van der Waals surface area contributed by atoms with Crippen molar-refractivity contribution in [2.75, 3.05) is 5.32 Å². The van der Waals surface area contributed by atoms with E-state index in [1.807, 2.05) is 12.1 Å². The van der Waals surface area contributed by atoms with Crippen LogP contribution in [0.3, 0.4) is 0 Å². The average molecular weight is 353 g/mol. The van der Waals surface area contributed by atoms with Crippen LogP contribution in [0.5, 0.6) is 0 Å². The van der Waals surface area contributed by atoms with E-state index in [1.54, 1.807) is 30.3 Å². The molecule has 114 valence electrons. The predicted octanol–water partition coefficient (Wildman–Crippen LogP) is 4.68. The van der Waals surface area contributed by atoms with Crippen molar-refractivity contribution in [1.29, 1.82) is 0 Å². The molecule has 0 saturated carbocycles. The highest BCUT2D eigenvalue weighted by atomic mass is 35.5. The summed E-state index contributed by atoms with van der Waals surface area (Å²) in [7, 11) is 0. The van der Waals surface area contributed by atoms with E-state index in [9.17, 15) is 4.79 Å². The third kappa shape index (κ3) is 4.19. The first-order valence-electron chi connectivity index (χ1n) is 6.66. The first kappa shape index (κ1) is 16.7. The highest BCUT2D eigenvalue weighted by Gasteiger charge is 2.10. The standard InChI is InChI=1S/C16H14Cl2N2OS/c1-2-10-6-8-11(9-7-10)15(21)20-16(22)19-13-5-3-4-12(17)14(13)18/h3-9H,2H2,1H3,(H2,19,20,21,22). The molecule has 2 aromatic carbocycles. The van der Waals surface area contributed by atoms with Crippen molar-refractivity contribution in [2.24, 2.45) is 0 Å². The zero-order valence-electron chi connectivity index (χ0n) is 11.8. The summed E-state index contributed by atoms with van der Waals surface area (Å²) >= 11 is 17.1. The van der Waals surface area contributed by atoms with Crippen LogP contribution >= 0.6 is 35.4 Å². The third-order valence-electron chi connectivity index (χ3n) is 3.05. The van der Waals surface area contributed by atoms with Crippen LogP contribution in [0, 0.1) is 0 Å². The Hall–Kier alpha value is -1.62. The SMILES string of the molecule is CCc1ccc(C(=O)NC(=S)Nc2cccc(Cl)c2Cl)cc1. The van der Waals surface area contributed by atoms with Crippen LogP contribution in [0.1, 0.15) is 22.8 Å².